The summed E-state index contributed by atoms with van der Waals surface area (Å²) in [7, 11) is 0. The van der Waals surface area contributed by atoms with Gasteiger partial charge in [-0.1, -0.05) is 6.07 Å². The largest absolute Gasteiger partial charge is 0.489 e. The number of amides is 1. The van der Waals surface area contributed by atoms with Crippen molar-refractivity contribution in [3.8, 4) is 17.9 Å². The molecule has 2 aromatic carbocycles. The van der Waals surface area contributed by atoms with Crippen molar-refractivity contribution < 1.29 is 9.53 Å². The van der Waals surface area contributed by atoms with Crippen LogP contribution in [-0.2, 0) is 6.61 Å². The van der Waals surface area contributed by atoms with Gasteiger partial charge < -0.3 is 10.1 Å². The van der Waals surface area contributed by atoms with Crippen molar-refractivity contribution in [2.45, 2.75) is 6.61 Å². The Morgan fingerprint density at radius 3 is 2.48 bits per heavy atom. The van der Waals surface area contributed by atoms with E-state index in [-0.39, 0.29) is 18.2 Å². The number of nitrogens with zero attached hydrogens (tertiary/aromatic N) is 4. The van der Waals surface area contributed by atoms with E-state index in [2.05, 4.69) is 15.3 Å². The van der Waals surface area contributed by atoms with Crippen molar-refractivity contribution in [1.82, 2.24) is 9.97 Å². The molecule has 3 rings (SSSR count). The number of rotatable bonds is 5. The van der Waals surface area contributed by atoms with Crippen LogP contribution in [0.2, 0.25) is 0 Å². The van der Waals surface area contributed by atoms with Crippen LogP contribution in [0.25, 0.3) is 0 Å². The van der Waals surface area contributed by atoms with Gasteiger partial charge in [0.15, 0.2) is 0 Å². The fourth-order valence-electron chi connectivity index (χ4n) is 2.28. The van der Waals surface area contributed by atoms with E-state index in [9.17, 15) is 4.79 Å². The standard InChI is InChI=1S/C20H13N5O2/c21-10-15-2-1-14(9-16(15)11-22)13-27-18-5-3-17(4-6-18)25-20(26)19-12-23-7-8-24-19/h1-9,12H,13H2,(H,25,26). The number of anilines is 1. The number of ether oxygens (including phenoxy) is 1. The Kier molecular flexibility index (Phi) is 5.36. The first kappa shape index (κ1) is 17.6. The van der Waals surface area contributed by atoms with E-state index in [0.29, 0.717) is 22.6 Å². The molecular weight excluding hydrogens is 342 g/mol. The Morgan fingerprint density at radius 1 is 1.04 bits per heavy atom. The summed E-state index contributed by atoms with van der Waals surface area (Å²) < 4.78 is 5.68. The highest BCUT2D eigenvalue weighted by Gasteiger charge is 2.08. The zero-order valence-electron chi connectivity index (χ0n) is 14.1. The highest BCUT2D eigenvalue weighted by molar-refractivity contribution is 6.02. The van der Waals surface area contributed by atoms with Crippen LogP contribution in [0.4, 0.5) is 5.69 Å². The Morgan fingerprint density at radius 2 is 1.81 bits per heavy atom. The molecule has 7 heteroatoms. The van der Waals surface area contributed by atoms with Crippen molar-refractivity contribution >= 4 is 11.6 Å². The number of aromatic nitrogens is 2. The SMILES string of the molecule is N#Cc1ccc(COc2ccc(NC(=O)c3cnccn3)cc2)cc1C#N. The molecule has 130 valence electrons. The lowest BCUT2D eigenvalue weighted by molar-refractivity contribution is 0.102. The normalized spacial score (nSPS) is 9.70. The number of hydrogen-bond donors (Lipinski definition) is 1. The lowest BCUT2D eigenvalue weighted by Crippen LogP contribution is -2.13. The molecule has 0 unspecified atom stereocenters. The van der Waals surface area contributed by atoms with Gasteiger partial charge in [-0.2, -0.15) is 10.5 Å². The maximum Gasteiger partial charge on any atom is 0.275 e. The summed E-state index contributed by atoms with van der Waals surface area (Å²) in [4.78, 5) is 19.8. The molecule has 0 aliphatic rings. The first-order valence-corrected chi connectivity index (χ1v) is 7.93. The summed E-state index contributed by atoms with van der Waals surface area (Å²) in [5, 5.41) is 20.7. The van der Waals surface area contributed by atoms with Gasteiger partial charge in [-0.3, -0.25) is 9.78 Å². The van der Waals surface area contributed by atoms with Crippen molar-refractivity contribution in [2.24, 2.45) is 0 Å². The third-order valence-electron chi connectivity index (χ3n) is 3.64. The summed E-state index contributed by atoms with van der Waals surface area (Å²) in [6, 6.07) is 15.8. The number of nitriles is 2. The van der Waals surface area contributed by atoms with Crippen LogP contribution in [-0.4, -0.2) is 15.9 Å². The van der Waals surface area contributed by atoms with E-state index in [1.165, 1.54) is 18.6 Å². The molecule has 1 amide bonds. The molecule has 0 aliphatic heterocycles. The van der Waals surface area contributed by atoms with Crippen molar-refractivity contribution in [3.63, 3.8) is 0 Å². The van der Waals surface area contributed by atoms with Gasteiger partial charge in [-0.05, 0) is 42.0 Å². The third kappa shape index (κ3) is 4.44. The summed E-state index contributed by atoms with van der Waals surface area (Å²) in [5.74, 6) is 0.258. The van der Waals surface area contributed by atoms with Crippen molar-refractivity contribution in [3.05, 3.63) is 83.4 Å². The number of hydrogen-bond acceptors (Lipinski definition) is 6. The van der Waals surface area contributed by atoms with E-state index >= 15 is 0 Å². The number of nitrogens with one attached hydrogen (secondary N) is 1. The Balaban J connectivity index is 1.61. The minimum atomic E-state index is -0.349. The number of benzene rings is 2. The summed E-state index contributed by atoms with van der Waals surface area (Å²) >= 11 is 0. The van der Waals surface area contributed by atoms with Gasteiger partial charge in [0.1, 0.15) is 30.2 Å². The highest BCUT2D eigenvalue weighted by atomic mass is 16.5. The molecule has 7 nitrogen and oxygen atoms in total. The molecule has 1 aromatic heterocycles. The van der Waals surface area contributed by atoms with E-state index in [4.69, 9.17) is 15.3 Å². The van der Waals surface area contributed by atoms with E-state index in [0.717, 1.165) is 5.56 Å². The van der Waals surface area contributed by atoms with Gasteiger partial charge in [0.05, 0.1) is 17.3 Å². The highest BCUT2D eigenvalue weighted by Crippen LogP contribution is 2.18. The Labute approximate surface area is 155 Å². The van der Waals surface area contributed by atoms with Crippen LogP contribution in [0, 0.1) is 22.7 Å². The molecule has 0 bridgehead atoms. The molecule has 0 saturated heterocycles. The molecule has 0 spiro atoms. The quantitative estimate of drug-likeness (QED) is 0.753. The maximum absolute atomic E-state index is 12.0. The topological polar surface area (TPSA) is 112 Å². The van der Waals surface area contributed by atoms with Gasteiger partial charge in [-0.25, -0.2) is 4.98 Å². The molecule has 0 atom stereocenters. The van der Waals surface area contributed by atoms with E-state index in [1.54, 1.807) is 42.5 Å². The predicted octanol–water partition coefficient (Wildman–Crippen LogP) is 3.05. The molecular formula is C20H13N5O2. The second-order valence-electron chi connectivity index (χ2n) is 5.46. The predicted molar refractivity (Wildman–Crippen MR) is 96.6 cm³/mol. The molecule has 1 heterocycles. The van der Waals surface area contributed by atoms with Crippen molar-refractivity contribution in [1.29, 1.82) is 10.5 Å². The number of carbonyl (C=O) groups is 1. The zero-order valence-corrected chi connectivity index (χ0v) is 14.1. The first-order chi connectivity index (χ1) is 13.2. The van der Waals surface area contributed by atoms with E-state index < -0.39 is 0 Å². The van der Waals surface area contributed by atoms with Crippen LogP contribution in [0.1, 0.15) is 27.2 Å². The van der Waals surface area contributed by atoms with Gasteiger partial charge >= 0.3 is 0 Å². The van der Waals surface area contributed by atoms with E-state index in [1.807, 2.05) is 12.1 Å². The number of carbonyl (C=O) groups excluding carboxylic acids is 1. The van der Waals surface area contributed by atoms with Crippen LogP contribution in [0.5, 0.6) is 5.75 Å². The zero-order chi connectivity index (χ0) is 19.1. The van der Waals surface area contributed by atoms with Gasteiger partial charge in [0.2, 0.25) is 0 Å². The second-order valence-corrected chi connectivity index (χ2v) is 5.46. The van der Waals surface area contributed by atoms with Gasteiger partial charge in [-0.15, -0.1) is 0 Å². The molecule has 0 saturated carbocycles. The molecule has 3 aromatic rings. The van der Waals surface area contributed by atoms with Gasteiger partial charge in [0, 0.05) is 18.1 Å². The molecule has 27 heavy (non-hydrogen) atoms. The smallest absolute Gasteiger partial charge is 0.275 e. The molecule has 1 N–H and O–H groups in total. The second kappa shape index (κ2) is 8.24. The van der Waals surface area contributed by atoms with Crippen molar-refractivity contribution in [2.75, 3.05) is 5.32 Å². The summed E-state index contributed by atoms with van der Waals surface area (Å²) in [6.07, 6.45) is 4.34. The average Bonchev–Trinajstić information content (AvgIpc) is 2.73. The van der Waals surface area contributed by atoms with Gasteiger partial charge in [0.25, 0.3) is 5.91 Å². The lowest BCUT2D eigenvalue weighted by atomic mass is 10.1. The third-order valence-corrected chi connectivity index (χ3v) is 3.64. The van der Waals surface area contributed by atoms with Crippen LogP contribution in [0.3, 0.4) is 0 Å². The minimum Gasteiger partial charge on any atom is -0.489 e. The molecule has 0 fully saturated rings. The van der Waals surface area contributed by atoms with Crippen LogP contribution >= 0.6 is 0 Å². The molecule has 0 radical (unpaired) electrons. The monoisotopic (exact) mass is 355 g/mol. The fourth-order valence-corrected chi connectivity index (χ4v) is 2.28. The Bertz CT molecular complexity index is 1030. The first-order valence-electron chi connectivity index (χ1n) is 7.93. The van der Waals surface area contributed by atoms with Crippen LogP contribution < -0.4 is 10.1 Å². The van der Waals surface area contributed by atoms with Crippen LogP contribution in [0.15, 0.2) is 61.1 Å². The maximum atomic E-state index is 12.0. The summed E-state index contributed by atoms with van der Waals surface area (Å²) in [6.45, 7) is 0.256. The minimum absolute atomic E-state index is 0.229. The Hall–Kier alpha value is -4.23. The summed E-state index contributed by atoms with van der Waals surface area (Å²) in [5.41, 5.74) is 2.27. The average molecular weight is 355 g/mol. The molecule has 0 aliphatic carbocycles. The lowest BCUT2D eigenvalue weighted by Gasteiger charge is -2.09. The fraction of sp³-hybridized carbons (Fsp3) is 0.0500.